The molecule has 0 bridgehead atoms. The van der Waals surface area contributed by atoms with Gasteiger partial charge in [-0.25, -0.2) is 4.98 Å². The Kier molecular flexibility index (Phi) is 4.98. The SMILES string of the molecule is NC(=O)/C(Cc1ccccc1)=N/Nc1nc(-c2ccccc2)cs1. The van der Waals surface area contributed by atoms with Gasteiger partial charge in [0.1, 0.15) is 5.71 Å². The summed E-state index contributed by atoms with van der Waals surface area (Å²) in [6, 6.07) is 19.5. The summed E-state index contributed by atoms with van der Waals surface area (Å²) in [7, 11) is 0. The molecule has 6 heteroatoms. The lowest BCUT2D eigenvalue weighted by molar-refractivity contribution is -0.112. The minimum absolute atomic E-state index is 0.262. The fourth-order valence-electron chi connectivity index (χ4n) is 2.15. The lowest BCUT2D eigenvalue weighted by Gasteiger charge is -2.03. The van der Waals surface area contributed by atoms with Crippen LogP contribution in [-0.2, 0) is 11.2 Å². The first-order valence-electron chi connectivity index (χ1n) is 7.39. The Balaban J connectivity index is 1.73. The Hall–Kier alpha value is -2.99. The molecule has 0 aliphatic rings. The Bertz CT molecular complexity index is 844. The number of thiazole rings is 1. The number of amides is 1. The van der Waals surface area contributed by atoms with Gasteiger partial charge in [0.15, 0.2) is 0 Å². The van der Waals surface area contributed by atoms with Crippen LogP contribution in [0, 0.1) is 0 Å². The van der Waals surface area contributed by atoms with Crippen LogP contribution < -0.4 is 11.2 Å². The summed E-state index contributed by atoms with van der Waals surface area (Å²) >= 11 is 1.42. The van der Waals surface area contributed by atoms with E-state index in [9.17, 15) is 4.79 Å². The summed E-state index contributed by atoms with van der Waals surface area (Å²) < 4.78 is 0. The topological polar surface area (TPSA) is 80.4 Å². The van der Waals surface area contributed by atoms with Gasteiger partial charge in [-0.2, -0.15) is 5.10 Å². The number of nitrogens with two attached hydrogens (primary N) is 1. The second kappa shape index (κ2) is 7.52. The van der Waals surface area contributed by atoms with Crippen molar-refractivity contribution in [2.45, 2.75) is 6.42 Å². The number of primary amides is 1. The van der Waals surface area contributed by atoms with Crippen molar-refractivity contribution in [3.8, 4) is 11.3 Å². The Morgan fingerprint density at radius 1 is 1.08 bits per heavy atom. The summed E-state index contributed by atoms with van der Waals surface area (Å²) in [5, 5.41) is 6.69. The number of anilines is 1. The predicted octanol–water partition coefficient (Wildman–Crippen LogP) is 3.31. The Morgan fingerprint density at radius 2 is 1.75 bits per heavy atom. The van der Waals surface area contributed by atoms with Crippen molar-refractivity contribution >= 4 is 28.1 Å². The van der Waals surface area contributed by atoms with E-state index in [2.05, 4.69) is 15.5 Å². The summed E-state index contributed by atoms with van der Waals surface area (Å²) in [6.07, 6.45) is 0.375. The van der Waals surface area contributed by atoms with E-state index in [4.69, 9.17) is 5.73 Å². The standard InChI is InChI=1S/C18H16N4OS/c19-17(23)15(11-13-7-3-1-4-8-13)21-22-18-20-16(12-24-18)14-9-5-2-6-10-14/h1-10,12H,11H2,(H2,19,23)(H,20,22)/b21-15+. The van der Waals surface area contributed by atoms with Gasteiger partial charge >= 0.3 is 0 Å². The minimum Gasteiger partial charge on any atom is -0.364 e. The molecule has 0 aliphatic heterocycles. The molecular formula is C18H16N4OS. The second-order valence-corrected chi connectivity index (χ2v) is 5.96. The van der Waals surface area contributed by atoms with Crippen molar-refractivity contribution in [2.75, 3.05) is 5.43 Å². The Morgan fingerprint density at radius 3 is 2.42 bits per heavy atom. The Labute approximate surface area is 143 Å². The van der Waals surface area contributed by atoms with Crippen molar-refractivity contribution in [1.82, 2.24) is 4.98 Å². The van der Waals surface area contributed by atoms with Gasteiger partial charge in [0.25, 0.3) is 5.91 Å². The van der Waals surface area contributed by atoms with Gasteiger partial charge in [-0.15, -0.1) is 11.3 Å². The predicted molar refractivity (Wildman–Crippen MR) is 97.9 cm³/mol. The molecule has 2 aromatic carbocycles. The minimum atomic E-state index is -0.550. The van der Waals surface area contributed by atoms with Crippen LogP contribution in [0.3, 0.4) is 0 Å². The molecule has 1 heterocycles. The number of benzene rings is 2. The van der Waals surface area contributed by atoms with Crippen molar-refractivity contribution in [3.63, 3.8) is 0 Å². The van der Waals surface area contributed by atoms with Crippen molar-refractivity contribution in [3.05, 3.63) is 71.6 Å². The number of hydrazone groups is 1. The van der Waals surface area contributed by atoms with Crippen LogP contribution >= 0.6 is 11.3 Å². The van der Waals surface area contributed by atoms with Crippen molar-refractivity contribution in [1.29, 1.82) is 0 Å². The maximum atomic E-state index is 11.6. The molecule has 24 heavy (non-hydrogen) atoms. The monoisotopic (exact) mass is 336 g/mol. The first kappa shape index (κ1) is 15.9. The van der Waals surface area contributed by atoms with Crippen molar-refractivity contribution in [2.24, 2.45) is 10.8 Å². The third-order valence-electron chi connectivity index (χ3n) is 3.36. The number of hydrogen-bond donors (Lipinski definition) is 2. The molecule has 3 aromatic rings. The molecule has 0 aliphatic carbocycles. The second-order valence-electron chi connectivity index (χ2n) is 5.10. The highest BCUT2D eigenvalue weighted by molar-refractivity contribution is 7.14. The maximum absolute atomic E-state index is 11.6. The molecule has 3 rings (SSSR count). The van der Waals surface area contributed by atoms with Gasteiger partial charge in [-0.3, -0.25) is 10.2 Å². The summed E-state index contributed by atoms with van der Waals surface area (Å²) in [5.74, 6) is -0.550. The van der Waals surface area contributed by atoms with Gasteiger partial charge in [0, 0.05) is 17.4 Å². The van der Waals surface area contributed by atoms with Gasteiger partial charge in [0.2, 0.25) is 5.13 Å². The average Bonchev–Trinajstić information content (AvgIpc) is 3.09. The largest absolute Gasteiger partial charge is 0.364 e. The van der Waals surface area contributed by atoms with Crippen LogP contribution in [0.1, 0.15) is 5.56 Å². The van der Waals surface area contributed by atoms with E-state index in [1.807, 2.05) is 66.0 Å². The van der Waals surface area contributed by atoms with Gasteiger partial charge in [0.05, 0.1) is 5.69 Å². The van der Waals surface area contributed by atoms with E-state index in [0.29, 0.717) is 11.6 Å². The zero-order valence-corrected chi connectivity index (χ0v) is 13.7. The first-order valence-corrected chi connectivity index (χ1v) is 8.27. The number of carbonyl (C=O) groups excluding carboxylic acids is 1. The molecule has 120 valence electrons. The molecule has 0 fully saturated rings. The molecule has 0 radical (unpaired) electrons. The average molecular weight is 336 g/mol. The van der Waals surface area contributed by atoms with E-state index >= 15 is 0 Å². The fraction of sp³-hybridized carbons (Fsp3) is 0.0556. The summed E-state index contributed by atoms with van der Waals surface area (Å²) in [6.45, 7) is 0. The highest BCUT2D eigenvalue weighted by Gasteiger charge is 2.09. The van der Waals surface area contributed by atoms with Crippen LogP contribution in [0.25, 0.3) is 11.3 Å². The van der Waals surface area contributed by atoms with E-state index in [0.717, 1.165) is 16.8 Å². The van der Waals surface area contributed by atoms with Crippen LogP contribution in [0.15, 0.2) is 71.1 Å². The van der Waals surface area contributed by atoms with E-state index in [1.54, 1.807) is 0 Å². The van der Waals surface area contributed by atoms with Crippen LogP contribution in [-0.4, -0.2) is 16.6 Å². The molecule has 0 saturated carbocycles. The molecule has 3 N–H and O–H groups in total. The van der Waals surface area contributed by atoms with Crippen LogP contribution in [0.5, 0.6) is 0 Å². The smallest absolute Gasteiger partial charge is 0.265 e. The highest BCUT2D eigenvalue weighted by Crippen LogP contribution is 2.24. The van der Waals surface area contributed by atoms with Crippen LogP contribution in [0.4, 0.5) is 5.13 Å². The lowest BCUT2D eigenvalue weighted by atomic mass is 10.1. The first-order chi connectivity index (χ1) is 11.7. The van der Waals surface area contributed by atoms with Gasteiger partial charge in [-0.05, 0) is 5.56 Å². The number of rotatable bonds is 6. The molecule has 0 unspecified atom stereocenters. The number of hydrogen-bond acceptors (Lipinski definition) is 5. The zero-order chi connectivity index (χ0) is 16.8. The zero-order valence-electron chi connectivity index (χ0n) is 12.8. The van der Waals surface area contributed by atoms with Gasteiger partial charge < -0.3 is 5.73 Å². The molecular weight excluding hydrogens is 320 g/mol. The number of aromatic nitrogens is 1. The molecule has 0 spiro atoms. The van der Waals surface area contributed by atoms with Gasteiger partial charge in [-0.1, -0.05) is 60.7 Å². The molecule has 0 atom stereocenters. The molecule has 1 aromatic heterocycles. The quantitative estimate of drug-likeness (QED) is 0.535. The summed E-state index contributed by atoms with van der Waals surface area (Å²) in [4.78, 5) is 16.1. The van der Waals surface area contributed by atoms with Crippen LogP contribution in [0.2, 0.25) is 0 Å². The maximum Gasteiger partial charge on any atom is 0.265 e. The molecule has 1 amide bonds. The molecule has 5 nitrogen and oxygen atoms in total. The van der Waals surface area contributed by atoms with Crippen molar-refractivity contribution < 1.29 is 4.79 Å². The van der Waals surface area contributed by atoms with E-state index in [-0.39, 0.29) is 5.71 Å². The third kappa shape index (κ3) is 4.05. The third-order valence-corrected chi connectivity index (χ3v) is 4.11. The number of carbonyl (C=O) groups is 1. The number of nitrogens with one attached hydrogen (secondary N) is 1. The fourth-order valence-corrected chi connectivity index (χ4v) is 2.81. The highest BCUT2D eigenvalue weighted by atomic mass is 32.1. The summed E-state index contributed by atoms with van der Waals surface area (Å²) in [5.41, 5.74) is 11.4. The number of nitrogens with zero attached hydrogens (tertiary/aromatic N) is 2. The van der Waals surface area contributed by atoms with E-state index < -0.39 is 5.91 Å². The molecule has 0 saturated heterocycles. The van der Waals surface area contributed by atoms with E-state index in [1.165, 1.54) is 11.3 Å². The normalized spacial score (nSPS) is 11.2. The lowest BCUT2D eigenvalue weighted by Crippen LogP contribution is -2.26.